The Balaban J connectivity index is 0.723. The summed E-state index contributed by atoms with van der Waals surface area (Å²) in [7, 11) is -1.56. The molecular formula is C62H73N9O10S2. The average Bonchev–Trinajstić information content (AvgIpc) is 1.70. The predicted octanol–water partition coefficient (Wildman–Crippen LogP) is 10.3. The van der Waals surface area contributed by atoms with E-state index in [2.05, 4.69) is 41.4 Å². The highest BCUT2D eigenvalue weighted by Gasteiger charge is 2.66. The number of carboxylic acid groups (broad SMARTS) is 1. The van der Waals surface area contributed by atoms with Crippen molar-refractivity contribution in [3.8, 4) is 11.1 Å². The van der Waals surface area contributed by atoms with E-state index in [9.17, 15) is 37.5 Å². The molecule has 5 aliphatic rings. The zero-order valence-corrected chi connectivity index (χ0v) is 49.3. The molecule has 0 spiro atoms. The molecule has 2 atom stereocenters. The number of hydrogen-bond acceptors (Lipinski definition) is 14. The molecule has 438 valence electrons. The number of ether oxygens (including phenoxy) is 2. The van der Waals surface area contributed by atoms with Crippen molar-refractivity contribution in [2.24, 2.45) is 16.2 Å². The van der Waals surface area contributed by atoms with Gasteiger partial charge in [0, 0.05) is 86.1 Å². The van der Waals surface area contributed by atoms with Gasteiger partial charge in [-0.05, 0) is 140 Å². The van der Waals surface area contributed by atoms with Crippen LogP contribution in [-0.2, 0) is 55.0 Å². The van der Waals surface area contributed by atoms with Crippen molar-refractivity contribution in [2.45, 2.75) is 123 Å². The molecule has 4 fully saturated rings. The van der Waals surface area contributed by atoms with Gasteiger partial charge in [0.05, 0.1) is 34.4 Å². The van der Waals surface area contributed by atoms with Crippen LogP contribution < -0.4 is 20.9 Å². The normalized spacial score (nSPS) is 21.5. The summed E-state index contributed by atoms with van der Waals surface area (Å²) in [4.78, 5) is 77.9. The quantitative estimate of drug-likeness (QED) is 0.0412. The first-order valence-corrected chi connectivity index (χ1v) is 31.0. The van der Waals surface area contributed by atoms with Crippen molar-refractivity contribution in [1.29, 1.82) is 0 Å². The fraction of sp³-hybridized carbons (Fsp3) is 0.452. The van der Waals surface area contributed by atoms with E-state index in [4.69, 9.17) is 19.6 Å². The number of carbonyl (C=O) groups excluding carboxylic acids is 4. The molecule has 0 radical (unpaired) electrons. The fourth-order valence-corrected chi connectivity index (χ4v) is 16.0. The van der Waals surface area contributed by atoms with Gasteiger partial charge < -0.3 is 35.0 Å². The van der Waals surface area contributed by atoms with Gasteiger partial charge in [-0.1, -0.05) is 74.6 Å². The molecule has 4 saturated carbocycles. The molecule has 21 heteroatoms. The second kappa shape index (κ2) is 24.0. The van der Waals surface area contributed by atoms with Gasteiger partial charge in [0.1, 0.15) is 12.4 Å². The van der Waals surface area contributed by atoms with Gasteiger partial charge in [0.2, 0.25) is 11.8 Å². The molecule has 4 aliphatic carbocycles. The van der Waals surface area contributed by atoms with E-state index in [1.54, 1.807) is 37.5 Å². The Morgan fingerprint density at radius 1 is 0.867 bits per heavy atom. The van der Waals surface area contributed by atoms with Gasteiger partial charge >= 0.3 is 12.1 Å². The van der Waals surface area contributed by atoms with Crippen LogP contribution in [-0.4, -0.2) is 113 Å². The number of pyridine rings is 1. The standard InChI is InChI=1S/C62H73N9O10S2/c1-6-83(78,79)29-11-7-8-20-52(72)63-25-23-53(73)65-44-16-12-14-42(30-44)33-80-58(77)69(5)27-28-81-62-37-59(3)34-60(4,38-62)36-61(35-59,39-62)40-71-41(2)47(31-64-71)45-21-22-51(67-54(45)56(75)76)70-26-24-43-15-13-17-46(48(43)32-70)55(74)68-57-66-49-18-9-10-19-50(49)82-57/h6,9-10,12-19,21-22,30-31H,1,7-8,11,20,23-29,32-40H2,2-5H3,(H,63,72)(H,65,73)(H,75,76)(H,66,68,74). The maximum Gasteiger partial charge on any atom is 0.409 e. The number of thiazole rings is 1. The number of aromatic nitrogens is 4. The van der Waals surface area contributed by atoms with Crippen LogP contribution in [0.15, 0.2) is 97.0 Å². The van der Waals surface area contributed by atoms with E-state index in [1.165, 1.54) is 16.2 Å². The first-order chi connectivity index (χ1) is 39.6. The van der Waals surface area contributed by atoms with E-state index in [0.29, 0.717) is 97.4 Å². The molecule has 6 aromatic rings. The Bertz CT molecular complexity index is 3550. The fourth-order valence-electron chi connectivity index (χ4n) is 14.4. The summed E-state index contributed by atoms with van der Waals surface area (Å²) in [6.45, 7) is 12.5. The minimum absolute atomic E-state index is 0.00834. The number of amides is 4. The van der Waals surface area contributed by atoms with Crippen molar-refractivity contribution < 1.29 is 47.0 Å². The number of likely N-dealkylation sites (N-methyl/N-ethyl adjacent to an activating group) is 1. The van der Waals surface area contributed by atoms with E-state index < -0.39 is 27.5 Å². The zero-order chi connectivity index (χ0) is 58.7. The minimum atomic E-state index is -3.25. The van der Waals surface area contributed by atoms with Crippen LogP contribution in [0.1, 0.15) is 128 Å². The molecule has 19 nitrogen and oxygen atoms in total. The van der Waals surface area contributed by atoms with E-state index in [1.807, 2.05) is 71.1 Å². The lowest BCUT2D eigenvalue weighted by Crippen LogP contribution is -2.64. The molecule has 0 saturated heterocycles. The van der Waals surface area contributed by atoms with Gasteiger partial charge in [-0.15, -0.1) is 0 Å². The summed E-state index contributed by atoms with van der Waals surface area (Å²) in [6, 6.07) is 24.2. The van der Waals surface area contributed by atoms with E-state index in [0.717, 1.165) is 71.0 Å². The lowest BCUT2D eigenvalue weighted by molar-refractivity contribution is -0.248. The zero-order valence-electron chi connectivity index (χ0n) is 47.6. The molecule has 3 aromatic heterocycles. The summed E-state index contributed by atoms with van der Waals surface area (Å²) < 4.78 is 38.8. The lowest BCUT2D eigenvalue weighted by atomic mass is 9.39. The first kappa shape index (κ1) is 58.7. The van der Waals surface area contributed by atoms with Crippen molar-refractivity contribution in [3.05, 3.63) is 131 Å². The molecule has 83 heavy (non-hydrogen) atoms. The summed E-state index contributed by atoms with van der Waals surface area (Å²) >= 11 is 1.42. The molecule has 4 bridgehead atoms. The largest absolute Gasteiger partial charge is 0.476 e. The Morgan fingerprint density at radius 3 is 2.42 bits per heavy atom. The Hall–Kier alpha value is -7.49. The number of benzene rings is 3. The number of hydrogen-bond donors (Lipinski definition) is 4. The number of anilines is 3. The van der Waals surface area contributed by atoms with Crippen LogP contribution >= 0.6 is 11.3 Å². The summed E-state index contributed by atoms with van der Waals surface area (Å²) in [6.07, 6.45) is 9.62. The second-order valence-electron chi connectivity index (χ2n) is 24.1. The number of carbonyl (C=O) groups is 5. The van der Waals surface area contributed by atoms with Crippen molar-refractivity contribution in [3.63, 3.8) is 0 Å². The van der Waals surface area contributed by atoms with Crippen molar-refractivity contribution in [1.82, 2.24) is 30.0 Å². The summed E-state index contributed by atoms with van der Waals surface area (Å²) in [5, 5.41) is 25.7. The third-order valence-electron chi connectivity index (χ3n) is 17.0. The average molecular weight is 1170 g/mol. The Labute approximate surface area is 488 Å². The van der Waals surface area contributed by atoms with Crippen LogP contribution in [0.4, 0.5) is 21.4 Å². The number of aromatic carboxylic acids is 1. The molecule has 11 rings (SSSR count). The van der Waals surface area contributed by atoms with Crippen LogP contribution in [0.5, 0.6) is 0 Å². The number of para-hydroxylation sites is 1. The van der Waals surface area contributed by atoms with Crippen molar-refractivity contribution >= 4 is 77.8 Å². The van der Waals surface area contributed by atoms with Gasteiger partial charge in [-0.3, -0.25) is 24.4 Å². The molecule has 2 unspecified atom stereocenters. The van der Waals surface area contributed by atoms with Crippen molar-refractivity contribution in [2.75, 3.05) is 54.6 Å². The molecule has 1 aliphatic heterocycles. The van der Waals surface area contributed by atoms with Gasteiger partial charge in [0.25, 0.3) is 5.91 Å². The number of carboxylic acids is 1. The van der Waals surface area contributed by atoms with Gasteiger partial charge in [-0.2, -0.15) is 5.10 Å². The predicted molar refractivity (Wildman–Crippen MR) is 319 cm³/mol. The Kier molecular flexibility index (Phi) is 17.0. The van der Waals surface area contributed by atoms with E-state index in [-0.39, 0.29) is 71.4 Å². The molecular weight excluding hydrogens is 1090 g/mol. The number of unbranched alkanes of at least 4 members (excludes halogenated alkanes) is 2. The number of nitrogens with zero attached hydrogens (tertiary/aromatic N) is 6. The minimum Gasteiger partial charge on any atom is -0.476 e. The summed E-state index contributed by atoms with van der Waals surface area (Å²) in [5.41, 5.74) is 6.06. The highest BCUT2D eigenvalue weighted by Crippen LogP contribution is 2.72. The van der Waals surface area contributed by atoms with Gasteiger partial charge in [0.15, 0.2) is 20.7 Å². The third kappa shape index (κ3) is 13.6. The second-order valence-corrected chi connectivity index (χ2v) is 27.2. The number of sulfone groups is 1. The number of rotatable bonds is 24. The van der Waals surface area contributed by atoms with Crippen LogP contribution in [0.2, 0.25) is 0 Å². The van der Waals surface area contributed by atoms with Crippen LogP contribution in [0, 0.1) is 23.2 Å². The lowest BCUT2D eigenvalue weighted by Gasteiger charge is -2.69. The smallest absolute Gasteiger partial charge is 0.409 e. The van der Waals surface area contributed by atoms with Crippen LogP contribution in [0.3, 0.4) is 0 Å². The molecule has 4 amide bonds. The SMILES string of the molecule is C=CS(=O)(=O)CCCCCC(=O)NCCC(=O)Nc1cccc(COC(=O)N(C)CCOC23CC4(C)CC(C)(CC(Cn5ncc(-c6ccc(N7CCc8cccc(C(=O)Nc9nc%10ccccc%10s9)c8C7)nc6C(=O)O)c5C)(C4)C2)C3)c1. The highest BCUT2D eigenvalue weighted by molar-refractivity contribution is 7.94. The number of nitrogens with one attached hydrogen (secondary N) is 3. The maximum atomic E-state index is 13.8. The first-order valence-electron chi connectivity index (χ1n) is 28.4. The number of fused-ring (bicyclic) bond motifs is 2. The highest BCUT2D eigenvalue weighted by atomic mass is 32.2. The third-order valence-corrected chi connectivity index (χ3v) is 19.3. The van der Waals surface area contributed by atoms with Crippen LogP contribution in [0.25, 0.3) is 21.3 Å². The molecule has 4 heterocycles. The Morgan fingerprint density at radius 2 is 1.65 bits per heavy atom. The molecule has 3 aromatic carbocycles. The van der Waals surface area contributed by atoms with Gasteiger partial charge in [-0.25, -0.2) is 28.0 Å². The summed E-state index contributed by atoms with van der Waals surface area (Å²) in [5.74, 6) is -1.36. The maximum absolute atomic E-state index is 13.8. The van der Waals surface area contributed by atoms with E-state index >= 15 is 0 Å². The molecule has 4 N–H and O–H groups in total. The topological polar surface area (TPSA) is 244 Å². The monoisotopic (exact) mass is 1170 g/mol.